The molecule has 5 rings (SSSR count). The number of ether oxygens (including phenoxy) is 9. The fraction of sp³-hybridized carbons (Fsp3) is 0.780. The fourth-order valence-corrected chi connectivity index (χ4v) is 11.5. The van der Waals surface area contributed by atoms with Crippen molar-refractivity contribution in [3.05, 3.63) is 47.6 Å². The van der Waals surface area contributed by atoms with Gasteiger partial charge in [-0.25, -0.2) is 4.79 Å². The summed E-state index contributed by atoms with van der Waals surface area (Å²) in [6.45, 7) is 15.3. The van der Waals surface area contributed by atoms with Crippen LogP contribution in [0.15, 0.2) is 47.6 Å². The van der Waals surface area contributed by atoms with Crippen LogP contribution in [0.1, 0.15) is 132 Å². The molecule has 76 heavy (non-hydrogen) atoms. The first-order valence-electron chi connectivity index (χ1n) is 28.2. The summed E-state index contributed by atoms with van der Waals surface area (Å²) < 4.78 is 53.9. The van der Waals surface area contributed by atoms with Gasteiger partial charge in [-0.3, -0.25) is 19.2 Å². The number of cyclic esters (lactones) is 1. The van der Waals surface area contributed by atoms with Gasteiger partial charge in [-0.2, -0.15) is 0 Å². The number of methoxy groups -OCH3 is 3. The monoisotopic (exact) mass is 1070 g/mol. The number of carbonyl (C=O) groups excluding carboxylic acids is 5. The van der Waals surface area contributed by atoms with Crippen LogP contribution >= 0.6 is 0 Å². The zero-order valence-corrected chi connectivity index (χ0v) is 47.3. The lowest BCUT2D eigenvalue weighted by atomic mass is 9.78. The molecule has 0 unspecified atom stereocenters. The first kappa shape index (κ1) is 63.3. The standard InChI is InChI=1S/C59H93NO16/c1-37-17-12-11-13-18-38(2)50(74-28-27-72-46-35-71-36-46)33-45-22-20-43(7)59(67,76-45)56(64)57(65)60-24-15-14-19-47(60)58(66)75-51(40(4)31-44-21-23-49(52(32-44)68-8)73-26-16-25-61)34-48(62)39(3)30-42(6)54(69-9)55(70-10)53(63)41(5)29-37/h11-13,17-18,30,37,39-41,43-47,49-52,54-55,61,67H,14-16,19-29,31-36H2,1-10H3/b13-11+,17-12+,38-18+,42-30+/t37-,39-,40-,41-,43-,44+,45+,47+,49-,50+,51+,52-,54-,55+,59-/m1/s1. The number of esters is 1. The molecule has 4 aliphatic heterocycles. The van der Waals surface area contributed by atoms with Crippen molar-refractivity contribution < 1.29 is 76.8 Å². The number of allylic oxidation sites excluding steroid dienone is 6. The van der Waals surface area contributed by atoms with E-state index in [-0.39, 0.29) is 92.6 Å². The Morgan fingerprint density at radius 3 is 2.21 bits per heavy atom. The third-order valence-corrected chi connectivity index (χ3v) is 16.4. The van der Waals surface area contributed by atoms with E-state index in [1.807, 2.05) is 65.0 Å². The summed E-state index contributed by atoms with van der Waals surface area (Å²) in [5.41, 5.74) is 1.51. The predicted molar refractivity (Wildman–Crippen MR) is 285 cm³/mol. The highest BCUT2D eigenvalue weighted by Crippen LogP contribution is 2.38. The third-order valence-electron chi connectivity index (χ3n) is 16.4. The number of hydrogen-bond donors (Lipinski definition) is 2. The normalized spacial score (nSPS) is 37.4. The minimum Gasteiger partial charge on any atom is -0.460 e. The zero-order valence-electron chi connectivity index (χ0n) is 47.3. The van der Waals surface area contributed by atoms with Gasteiger partial charge in [-0.15, -0.1) is 0 Å². The topological polar surface area (TPSA) is 212 Å². The molecule has 15 atom stereocenters. The van der Waals surface area contributed by atoms with Crippen LogP contribution in [-0.4, -0.2) is 173 Å². The van der Waals surface area contributed by atoms with E-state index in [1.54, 1.807) is 27.0 Å². The molecule has 430 valence electrons. The van der Waals surface area contributed by atoms with E-state index in [0.717, 1.165) is 18.4 Å². The molecule has 5 aliphatic rings. The number of aliphatic hydroxyl groups is 2. The highest BCUT2D eigenvalue weighted by molar-refractivity contribution is 6.39. The molecule has 17 heteroatoms. The smallest absolute Gasteiger partial charge is 0.329 e. The van der Waals surface area contributed by atoms with Crippen LogP contribution in [0.25, 0.3) is 0 Å². The third kappa shape index (κ3) is 17.8. The Labute approximate surface area is 452 Å². The lowest BCUT2D eigenvalue weighted by Crippen LogP contribution is -2.61. The van der Waals surface area contributed by atoms with Crippen LogP contribution in [0, 0.1) is 35.5 Å². The van der Waals surface area contributed by atoms with Gasteiger partial charge in [0.25, 0.3) is 11.7 Å². The maximum atomic E-state index is 14.7. The number of fused-ring (bicyclic) bond motifs is 3. The number of nitrogens with zero attached hydrogens (tertiary/aromatic N) is 1. The molecule has 0 aromatic heterocycles. The number of piperidine rings is 1. The molecule has 1 amide bonds. The number of amides is 1. The minimum absolute atomic E-state index is 0.0217. The average molecular weight is 1070 g/mol. The van der Waals surface area contributed by atoms with Gasteiger partial charge >= 0.3 is 5.97 Å². The number of aliphatic hydroxyl groups excluding tert-OH is 1. The summed E-state index contributed by atoms with van der Waals surface area (Å²) in [7, 11) is 4.65. The largest absolute Gasteiger partial charge is 0.460 e. The van der Waals surface area contributed by atoms with Crippen LogP contribution in [0.3, 0.4) is 0 Å². The second-order valence-electron chi connectivity index (χ2n) is 22.4. The molecule has 3 saturated heterocycles. The maximum Gasteiger partial charge on any atom is 0.329 e. The van der Waals surface area contributed by atoms with Crippen molar-refractivity contribution in [1.82, 2.24) is 4.90 Å². The highest BCUT2D eigenvalue weighted by Gasteiger charge is 2.53. The Balaban J connectivity index is 1.47. The molecule has 4 heterocycles. The summed E-state index contributed by atoms with van der Waals surface area (Å²) in [6, 6.07) is -1.15. The molecular weight excluding hydrogens is 979 g/mol. The van der Waals surface area contributed by atoms with E-state index in [4.69, 9.17) is 42.6 Å². The van der Waals surface area contributed by atoms with Gasteiger partial charge in [0.2, 0.25) is 5.79 Å². The minimum atomic E-state index is -2.47. The summed E-state index contributed by atoms with van der Waals surface area (Å²) in [5, 5.41) is 21.5. The van der Waals surface area contributed by atoms with Crippen molar-refractivity contribution in [2.24, 2.45) is 35.5 Å². The van der Waals surface area contributed by atoms with Crippen molar-refractivity contribution in [2.75, 3.05) is 67.5 Å². The van der Waals surface area contributed by atoms with E-state index in [9.17, 15) is 34.2 Å². The van der Waals surface area contributed by atoms with E-state index < -0.39 is 71.8 Å². The van der Waals surface area contributed by atoms with Crippen LogP contribution in [-0.2, 0) is 66.6 Å². The van der Waals surface area contributed by atoms with E-state index in [2.05, 4.69) is 0 Å². The maximum absolute atomic E-state index is 14.7. The van der Waals surface area contributed by atoms with Gasteiger partial charge in [-0.1, -0.05) is 71.1 Å². The summed E-state index contributed by atoms with van der Waals surface area (Å²) in [6.07, 6.45) is 13.8. The lowest BCUT2D eigenvalue weighted by Gasteiger charge is -2.43. The average Bonchev–Trinajstić information content (AvgIpc) is 3.39. The molecule has 2 N–H and O–H groups in total. The molecular formula is C59H93NO16. The van der Waals surface area contributed by atoms with Gasteiger partial charge in [0.1, 0.15) is 36.2 Å². The van der Waals surface area contributed by atoms with E-state index in [0.29, 0.717) is 83.4 Å². The SMILES string of the molecule is CO[C@@H]1/C(C)=C/[C@@H](C)C(=O)C[C@@H]([C@H](C)C[C@@H]2CC[C@@H](OCCCO)[C@H](OC)C2)OC(=O)[C@@H]2CCCCN2C(=O)C(=O)[C@]2(O)O[C@@H](CC[C@H]2C)C[C@H](OCCOC2COC2)/C(C)=C/C=C/C=C/[C@@H](C)C[C@@H](C)C(=O)[C@@H]1OC. The number of carbonyl (C=O) groups is 5. The predicted octanol–water partition coefficient (Wildman–Crippen LogP) is 7.03. The zero-order chi connectivity index (χ0) is 55.5. The Hall–Kier alpha value is -3.49. The molecule has 17 nitrogen and oxygen atoms in total. The Morgan fingerprint density at radius 2 is 1.53 bits per heavy atom. The van der Waals surface area contributed by atoms with Crippen LogP contribution in [0.4, 0.5) is 0 Å². The molecule has 0 radical (unpaired) electrons. The molecule has 2 bridgehead atoms. The van der Waals surface area contributed by atoms with Crippen LogP contribution in [0.5, 0.6) is 0 Å². The van der Waals surface area contributed by atoms with Gasteiger partial charge < -0.3 is 57.7 Å². The Morgan fingerprint density at radius 1 is 0.789 bits per heavy atom. The van der Waals surface area contributed by atoms with E-state index in [1.165, 1.54) is 19.1 Å². The molecule has 0 aromatic rings. The van der Waals surface area contributed by atoms with Gasteiger partial charge in [0.05, 0.1) is 50.8 Å². The van der Waals surface area contributed by atoms with E-state index >= 15 is 0 Å². The molecule has 1 saturated carbocycles. The van der Waals surface area contributed by atoms with Crippen molar-refractivity contribution >= 4 is 29.2 Å². The van der Waals surface area contributed by atoms with Crippen molar-refractivity contribution in [2.45, 2.75) is 193 Å². The van der Waals surface area contributed by atoms with Crippen LogP contribution < -0.4 is 0 Å². The van der Waals surface area contributed by atoms with Crippen molar-refractivity contribution in [1.29, 1.82) is 0 Å². The summed E-state index contributed by atoms with van der Waals surface area (Å²) in [4.78, 5) is 73.4. The number of hydrogen-bond acceptors (Lipinski definition) is 16. The second kappa shape index (κ2) is 31.3. The van der Waals surface area contributed by atoms with Crippen LogP contribution in [0.2, 0.25) is 0 Å². The van der Waals surface area contributed by atoms with Gasteiger partial charge in [-0.05, 0) is 113 Å². The molecule has 1 aliphatic carbocycles. The molecule has 4 fully saturated rings. The quantitative estimate of drug-likeness (QED) is 0.0730. The Bertz CT molecular complexity index is 2000. The number of rotatable bonds is 15. The second-order valence-corrected chi connectivity index (χ2v) is 22.4. The summed E-state index contributed by atoms with van der Waals surface area (Å²) in [5.74, 6) is -7.60. The first-order chi connectivity index (χ1) is 36.3. The summed E-state index contributed by atoms with van der Waals surface area (Å²) >= 11 is 0. The van der Waals surface area contributed by atoms with Gasteiger partial charge in [0.15, 0.2) is 5.78 Å². The number of Topliss-reactive ketones (excluding diaryl/α,β-unsaturated/α-hetero) is 3. The van der Waals surface area contributed by atoms with Gasteiger partial charge in [0, 0.05) is 71.7 Å². The number of ketones is 3. The fourth-order valence-electron chi connectivity index (χ4n) is 11.5. The van der Waals surface area contributed by atoms with Crippen molar-refractivity contribution in [3.8, 4) is 0 Å². The van der Waals surface area contributed by atoms with Crippen molar-refractivity contribution in [3.63, 3.8) is 0 Å². The lowest BCUT2D eigenvalue weighted by molar-refractivity contribution is -0.266. The Kier molecular flexibility index (Phi) is 26.1. The highest BCUT2D eigenvalue weighted by atomic mass is 16.6. The molecule has 0 spiro atoms. The first-order valence-corrected chi connectivity index (χ1v) is 28.2. The molecule has 0 aromatic carbocycles.